The molecule has 1 fully saturated rings. The molecule has 1 amide bonds. The fraction of sp³-hybridized carbons (Fsp3) is 0.667. The number of pyridine rings is 1. The molecule has 0 aromatic carbocycles. The van der Waals surface area contributed by atoms with Crippen molar-refractivity contribution < 1.29 is 14.7 Å². The Morgan fingerprint density at radius 1 is 1.18 bits per heavy atom. The number of nitrogens with two attached hydrogens (primary N) is 1. The van der Waals surface area contributed by atoms with Crippen LogP contribution in [0.25, 0.3) is 0 Å². The van der Waals surface area contributed by atoms with Gasteiger partial charge in [0.1, 0.15) is 5.82 Å². The van der Waals surface area contributed by atoms with Crippen LogP contribution in [0.4, 0.5) is 5.82 Å². The van der Waals surface area contributed by atoms with Gasteiger partial charge in [-0.05, 0) is 43.2 Å². The zero-order valence-electron chi connectivity index (χ0n) is 17.1. The number of amides is 1. The van der Waals surface area contributed by atoms with Crippen molar-refractivity contribution >= 4 is 17.7 Å². The Kier molecular flexibility index (Phi) is 8.70. The molecule has 1 saturated heterocycles. The molecule has 2 unspecified atom stereocenters. The normalized spacial score (nSPS) is 17.3. The summed E-state index contributed by atoms with van der Waals surface area (Å²) < 4.78 is 0. The van der Waals surface area contributed by atoms with Crippen LogP contribution in [0.2, 0.25) is 0 Å². The number of piperazine rings is 1. The van der Waals surface area contributed by atoms with Crippen LogP contribution in [0, 0.1) is 11.8 Å². The zero-order valence-corrected chi connectivity index (χ0v) is 17.1. The van der Waals surface area contributed by atoms with Crippen molar-refractivity contribution in [2.75, 3.05) is 37.6 Å². The van der Waals surface area contributed by atoms with Gasteiger partial charge in [-0.1, -0.05) is 20.3 Å². The molecule has 1 aromatic rings. The Morgan fingerprint density at radius 3 is 2.43 bits per heavy atom. The molecule has 7 nitrogen and oxygen atoms in total. The van der Waals surface area contributed by atoms with E-state index in [1.54, 1.807) is 12.3 Å². The topological polar surface area (TPSA) is 99.8 Å². The van der Waals surface area contributed by atoms with Crippen molar-refractivity contribution in [2.45, 2.75) is 46.0 Å². The number of nitrogens with zero attached hydrogens (tertiary/aromatic N) is 3. The number of anilines is 1. The third-order valence-electron chi connectivity index (χ3n) is 5.53. The number of carboxylic acids is 1. The lowest BCUT2D eigenvalue weighted by atomic mass is 9.91. The molecule has 7 heteroatoms. The maximum absolute atomic E-state index is 11.2. The average molecular weight is 391 g/mol. The monoisotopic (exact) mass is 390 g/mol. The van der Waals surface area contributed by atoms with E-state index < -0.39 is 11.9 Å². The van der Waals surface area contributed by atoms with Crippen molar-refractivity contribution in [1.29, 1.82) is 0 Å². The molecule has 1 aliphatic rings. The van der Waals surface area contributed by atoms with Crippen molar-refractivity contribution in [3.8, 4) is 0 Å². The van der Waals surface area contributed by atoms with Crippen LogP contribution in [0.5, 0.6) is 0 Å². The highest BCUT2D eigenvalue weighted by atomic mass is 16.4. The average Bonchev–Trinajstić information content (AvgIpc) is 2.66. The number of hydrogen-bond acceptors (Lipinski definition) is 5. The minimum absolute atomic E-state index is 0.239. The van der Waals surface area contributed by atoms with Gasteiger partial charge in [0, 0.05) is 45.3 Å². The van der Waals surface area contributed by atoms with Crippen LogP contribution in [-0.2, 0) is 4.79 Å². The molecule has 28 heavy (non-hydrogen) atoms. The van der Waals surface area contributed by atoms with E-state index in [2.05, 4.69) is 21.7 Å². The molecule has 0 aliphatic carbocycles. The molecular formula is C21H34N4O3. The molecule has 0 spiro atoms. The summed E-state index contributed by atoms with van der Waals surface area (Å²) in [5.74, 6) is 0.595. The molecule has 3 N–H and O–H groups in total. The SMILES string of the molecule is CCCC(CCC(C)CC(=O)O)CN1CCN(c2ccc(C(N)=O)cn2)CC1. The van der Waals surface area contributed by atoms with Gasteiger partial charge in [0.2, 0.25) is 5.91 Å². The van der Waals surface area contributed by atoms with Gasteiger partial charge in [-0.2, -0.15) is 0 Å². The fourth-order valence-corrected chi connectivity index (χ4v) is 3.90. The summed E-state index contributed by atoms with van der Waals surface area (Å²) in [4.78, 5) is 31.1. The van der Waals surface area contributed by atoms with Gasteiger partial charge in [-0.25, -0.2) is 4.98 Å². The van der Waals surface area contributed by atoms with E-state index in [-0.39, 0.29) is 12.3 Å². The molecule has 156 valence electrons. The largest absolute Gasteiger partial charge is 0.481 e. The van der Waals surface area contributed by atoms with E-state index >= 15 is 0 Å². The number of carboxylic acid groups (broad SMARTS) is 1. The molecule has 0 saturated carbocycles. The van der Waals surface area contributed by atoms with Gasteiger partial charge in [0.15, 0.2) is 0 Å². The number of primary amides is 1. The first kappa shape index (κ1) is 22.1. The maximum Gasteiger partial charge on any atom is 0.303 e. The van der Waals surface area contributed by atoms with Crippen molar-refractivity contribution in [3.05, 3.63) is 23.9 Å². The summed E-state index contributed by atoms with van der Waals surface area (Å²) in [7, 11) is 0. The van der Waals surface area contributed by atoms with Crippen LogP contribution in [-0.4, -0.2) is 59.6 Å². The summed E-state index contributed by atoms with van der Waals surface area (Å²) in [5, 5.41) is 8.93. The number of aromatic nitrogens is 1. The number of carbonyl (C=O) groups excluding carboxylic acids is 1. The Hall–Kier alpha value is -2.15. The Bertz CT molecular complexity index is 627. The Labute approximate surface area is 167 Å². The van der Waals surface area contributed by atoms with Gasteiger partial charge in [-0.3, -0.25) is 14.5 Å². The zero-order chi connectivity index (χ0) is 20.5. The maximum atomic E-state index is 11.2. The molecule has 0 radical (unpaired) electrons. The predicted octanol–water partition coefficient (Wildman–Crippen LogP) is 2.61. The standard InChI is InChI=1S/C21H34N4O3/c1-3-4-17(6-5-16(2)13-20(26)27)15-24-9-11-25(12-10-24)19-8-7-18(14-23-19)21(22)28/h7-8,14,16-17H,3-6,9-13,15H2,1-2H3,(H2,22,28)(H,26,27). The second-order valence-electron chi connectivity index (χ2n) is 7.99. The minimum atomic E-state index is -0.701. The molecule has 2 atom stereocenters. The molecule has 1 aliphatic heterocycles. The van der Waals surface area contributed by atoms with E-state index in [1.165, 1.54) is 6.42 Å². The molecule has 2 rings (SSSR count). The first-order chi connectivity index (χ1) is 13.4. The number of rotatable bonds is 11. The highest BCUT2D eigenvalue weighted by molar-refractivity contribution is 5.92. The van der Waals surface area contributed by atoms with Crippen LogP contribution >= 0.6 is 0 Å². The molecule has 0 bridgehead atoms. The summed E-state index contributed by atoms with van der Waals surface area (Å²) in [6.45, 7) is 9.14. The molecule has 2 heterocycles. The van der Waals surface area contributed by atoms with Crippen LogP contribution in [0.3, 0.4) is 0 Å². The lowest BCUT2D eigenvalue weighted by Crippen LogP contribution is -2.48. The summed E-state index contributed by atoms with van der Waals surface area (Å²) in [6.07, 6.45) is 6.23. The Morgan fingerprint density at radius 2 is 1.89 bits per heavy atom. The second kappa shape index (κ2) is 11.0. The quantitative estimate of drug-likeness (QED) is 0.602. The first-order valence-electron chi connectivity index (χ1n) is 10.3. The highest BCUT2D eigenvalue weighted by Crippen LogP contribution is 2.22. The minimum Gasteiger partial charge on any atom is -0.481 e. The lowest BCUT2D eigenvalue weighted by Gasteiger charge is -2.37. The predicted molar refractivity (Wildman–Crippen MR) is 110 cm³/mol. The van der Waals surface area contributed by atoms with Crippen molar-refractivity contribution in [3.63, 3.8) is 0 Å². The molecular weight excluding hydrogens is 356 g/mol. The van der Waals surface area contributed by atoms with E-state index in [1.807, 2.05) is 13.0 Å². The van der Waals surface area contributed by atoms with E-state index in [0.29, 0.717) is 11.5 Å². The van der Waals surface area contributed by atoms with Gasteiger partial charge < -0.3 is 15.7 Å². The van der Waals surface area contributed by atoms with Crippen molar-refractivity contribution in [1.82, 2.24) is 9.88 Å². The van der Waals surface area contributed by atoms with Gasteiger partial charge in [0.05, 0.1) is 5.56 Å². The third-order valence-corrected chi connectivity index (χ3v) is 5.53. The Balaban J connectivity index is 1.80. The van der Waals surface area contributed by atoms with Crippen LogP contribution in [0.15, 0.2) is 18.3 Å². The fourth-order valence-electron chi connectivity index (χ4n) is 3.90. The van der Waals surface area contributed by atoms with Gasteiger partial charge in [-0.15, -0.1) is 0 Å². The van der Waals surface area contributed by atoms with Gasteiger partial charge >= 0.3 is 5.97 Å². The highest BCUT2D eigenvalue weighted by Gasteiger charge is 2.21. The second-order valence-corrected chi connectivity index (χ2v) is 7.99. The molecule has 1 aromatic heterocycles. The first-order valence-corrected chi connectivity index (χ1v) is 10.3. The van der Waals surface area contributed by atoms with Gasteiger partial charge in [0.25, 0.3) is 0 Å². The van der Waals surface area contributed by atoms with E-state index in [4.69, 9.17) is 10.8 Å². The summed E-state index contributed by atoms with van der Waals surface area (Å²) >= 11 is 0. The summed E-state index contributed by atoms with van der Waals surface area (Å²) in [6, 6.07) is 3.59. The number of hydrogen-bond donors (Lipinski definition) is 2. The number of aliphatic carboxylic acids is 1. The van der Waals surface area contributed by atoms with Crippen LogP contribution < -0.4 is 10.6 Å². The lowest BCUT2D eigenvalue weighted by molar-refractivity contribution is -0.138. The van der Waals surface area contributed by atoms with Crippen molar-refractivity contribution in [2.24, 2.45) is 17.6 Å². The van der Waals surface area contributed by atoms with E-state index in [0.717, 1.165) is 57.8 Å². The number of carbonyl (C=O) groups is 2. The van der Waals surface area contributed by atoms with E-state index in [9.17, 15) is 9.59 Å². The third kappa shape index (κ3) is 7.11. The smallest absolute Gasteiger partial charge is 0.303 e. The summed E-state index contributed by atoms with van der Waals surface area (Å²) in [5.41, 5.74) is 5.70. The van der Waals surface area contributed by atoms with Crippen LogP contribution in [0.1, 0.15) is 56.3 Å².